The molecule has 9 heteroatoms. The Morgan fingerprint density at radius 2 is 1.94 bits per heavy atom. The molecule has 1 N–H and O–H groups in total. The number of pyridine rings is 1. The van der Waals surface area contributed by atoms with Crippen LogP contribution in [-0.4, -0.2) is 31.8 Å². The third kappa shape index (κ3) is 5.10. The van der Waals surface area contributed by atoms with Crippen LogP contribution >= 0.6 is 23.4 Å². The van der Waals surface area contributed by atoms with E-state index in [1.165, 1.54) is 16.3 Å². The predicted octanol–water partition coefficient (Wildman–Crippen LogP) is 5.02. The van der Waals surface area contributed by atoms with Crippen LogP contribution in [0.25, 0.3) is 16.7 Å². The number of benzene rings is 2. The molecule has 0 radical (unpaired) electrons. The molecule has 0 fully saturated rings. The summed E-state index contributed by atoms with van der Waals surface area (Å²) in [7, 11) is 0. The van der Waals surface area contributed by atoms with Crippen molar-refractivity contribution in [3.63, 3.8) is 0 Å². The van der Waals surface area contributed by atoms with E-state index in [0.717, 1.165) is 11.3 Å². The normalized spacial score (nSPS) is 14.5. The molecular weight excluding hydrogens is 484 g/mol. The van der Waals surface area contributed by atoms with E-state index >= 15 is 0 Å². The molecule has 0 saturated carbocycles. The van der Waals surface area contributed by atoms with Gasteiger partial charge < -0.3 is 10.1 Å². The van der Waals surface area contributed by atoms with Gasteiger partial charge in [-0.2, -0.15) is 0 Å². The zero-order valence-corrected chi connectivity index (χ0v) is 20.8. The highest BCUT2D eigenvalue weighted by molar-refractivity contribution is 7.99. The molecular formula is C26H23ClN4O3S. The van der Waals surface area contributed by atoms with Crippen LogP contribution in [0.3, 0.4) is 0 Å². The smallest absolute Gasteiger partial charge is 0.268 e. The average Bonchev–Trinajstić information content (AvgIpc) is 2.82. The molecule has 3 heterocycles. The van der Waals surface area contributed by atoms with E-state index in [-0.39, 0.29) is 22.8 Å². The van der Waals surface area contributed by atoms with Crippen molar-refractivity contribution in [2.45, 2.75) is 37.6 Å². The summed E-state index contributed by atoms with van der Waals surface area (Å²) in [5.74, 6) is -0.174. The number of amides is 1. The summed E-state index contributed by atoms with van der Waals surface area (Å²) < 4.78 is 7.44. The van der Waals surface area contributed by atoms with E-state index in [1.54, 1.807) is 24.3 Å². The summed E-state index contributed by atoms with van der Waals surface area (Å²) >= 11 is 7.19. The lowest BCUT2D eigenvalue weighted by Crippen LogP contribution is -2.33. The van der Waals surface area contributed by atoms with Gasteiger partial charge in [0.1, 0.15) is 0 Å². The summed E-state index contributed by atoms with van der Waals surface area (Å²) in [5, 5.41) is 4.18. The lowest BCUT2D eigenvalue weighted by molar-refractivity contribution is -0.113. The van der Waals surface area contributed by atoms with Gasteiger partial charge in [-0.05, 0) is 50.2 Å². The number of carbonyl (C=O) groups excluding carboxylic acids is 1. The zero-order valence-electron chi connectivity index (χ0n) is 19.2. The quantitative estimate of drug-likeness (QED) is 0.302. The van der Waals surface area contributed by atoms with Crippen LogP contribution in [-0.2, 0) is 22.6 Å². The van der Waals surface area contributed by atoms with Crippen LogP contribution in [0.5, 0.6) is 0 Å². The molecule has 1 aliphatic heterocycles. The molecule has 0 bridgehead atoms. The summed E-state index contributed by atoms with van der Waals surface area (Å²) in [6, 6.07) is 18.0. The SMILES string of the molecule is CC1(C)Cc2nc3nc(SCC(=O)Nc4cccc(Cl)c4)n(-c4ccccc4)c(=O)c3cc2CO1. The number of aromatic nitrogens is 3. The minimum atomic E-state index is -0.331. The van der Waals surface area contributed by atoms with Crippen LogP contribution in [0.4, 0.5) is 5.69 Å². The number of nitrogens with one attached hydrogen (secondary N) is 1. The molecule has 0 spiro atoms. The fourth-order valence-electron chi connectivity index (χ4n) is 3.97. The number of halogens is 1. The molecule has 2 aromatic carbocycles. The Balaban J connectivity index is 1.53. The second-order valence-corrected chi connectivity index (χ2v) is 10.3. The number of rotatable bonds is 5. The number of para-hydroxylation sites is 1. The first kappa shape index (κ1) is 23.5. The van der Waals surface area contributed by atoms with Gasteiger partial charge in [0.15, 0.2) is 10.8 Å². The first-order valence-corrected chi connectivity index (χ1v) is 12.5. The molecule has 1 amide bonds. The molecule has 4 aromatic rings. The molecule has 0 unspecified atom stereocenters. The summed E-state index contributed by atoms with van der Waals surface area (Å²) in [5.41, 5.74) is 2.86. The van der Waals surface area contributed by atoms with Crippen LogP contribution in [0.2, 0.25) is 5.02 Å². The maximum Gasteiger partial charge on any atom is 0.268 e. The monoisotopic (exact) mass is 506 g/mol. The van der Waals surface area contributed by atoms with Gasteiger partial charge in [0.2, 0.25) is 5.91 Å². The number of anilines is 1. The minimum Gasteiger partial charge on any atom is -0.370 e. The van der Waals surface area contributed by atoms with Crippen molar-refractivity contribution in [1.29, 1.82) is 0 Å². The fourth-order valence-corrected chi connectivity index (χ4v) is 4.96. The highest BCUT2D eigenvalue weighted by Crippen LogP contribution is 2.29. The second kappa shape index (κ2) is 9.45. The number of thioether (sulfide) groups is 1. The third-order valence-electron chi connectivity index (χ3n) is 5.66. The van der Waals surface area contributed by atoms with Gasteiger partial charge in [-0.25, -0.2) is 9.97 Å². The highest BCUT2D eigenvalue weighted by Gasteiger charge is 2.28. The second-order valence-electron chi connectivity index (χ2n) is 8.91. The van der Waals surface area contributed by atoms with E-state index in [2.05, 4.69) is 5.32 Å². The van der Waals surface area contributed by atoms with E-state index in [0.29, 0.717) is 45.6 Å². The van der Waals surface area contributed by atoms with Crippen molar-refractivity contribution in [2.75, 3.05) is 11.1 Å². The van der Waals surface area contributed by atoms with Gasteiger partial charge in [0.25, 0.3) is 5.56 Å². The van der Waals surface area contributed by atoms with Gasteiger partial charge >= 0.3 is 0 Å². The number of hydrogen-bond donors (Lipinski definition) is 1. The van der Waals surface area contributed by atoms with Crippen molar-refractivity contribution in [3.05, 3.63) is 87.3 Å². The third-order valence-corrected chi connectivity index (χ3v) is 6.84. The Morgan fingerprint density at radius 3 is 2.71 bits per heavy atom. The van der Waals surface area contributed by atoms with Gasteiger partial charge in [-0.15, -0.1) is 0 Å². The van der Waals surface area contributed by atoms with E-state index in [9.17, 15) is 9.59 Å². The standard InChI is InChI=1S/C26H23ClN4O3S/c1-26(2)13-21-16(14-34-26)11-20-23(29-21)30-25(31(24(20)33)19-9-4-3-5-10-19)35-15-22(32)28-18-8-6-7-17(27)12-18/h3-12H,13-15H2,1-2H3,(H,28,32). The Kier molecular flexibility index (Phi) is 6.35. The summed E-state index contributed by atoms with van der Waals surface area (Å²) in [4.78, 5) is 35.8. The van der Waals surface area contributed by atoms with Gasteiger partial charge in [-0.1, -0.05) is 47.6 Å². The fraction of sp³-hybridized carbons (Fsp3) is 0.231. The Hall–Kier alpha value is -3.20. The number of carbonyl (C=O) groups is 1. The maximum atomic E-state index is 13.6. The maximum absolute atomic E-state index is 13.6. The first-order valence-electron chi connectivity index (χ1n) is 11.1. The molecule has 1 aliphatic rings. The van der Waals surface area contributed by atoms with Crippen LogP contribution in [0.15, 0.2) is 70.6 Å². The van der Waals surface area contributed by atoms with E-state index in [4.69, 9.17) is 26.3 Å². The molecule has 0 saturated heterocycles. The van der Waals surface area contributed by atoms with Crippen molar-refractivity contribution in [3.8, 4) is 5.69 Å². The topological polar surface area (TPSA) is 86.1 Å². The van der Waals surface area contributed by atoms with Gasteiger partial charge in [-0.3, -0.25) is 14.2 Å². The van der Waals surface area contributed by atoms with E-state index in [1.807, 2.05) is 50.2 Å². The number of fused-ring (bicyclic) bond motifs is 2. The molecule has 7 nitrogen and oxygen atoms in total. The Labute approximate surface area is 211 Å². The number of ether oxygens (including phenoxy) is 1. The molecule has 35 heavy (non-hydrogen) atoms. The van der Waals surface area contributed by atoms with Crippen molar-refractivity contribution in [2.24, 2.45) is 0 Å². The van der Waals surface area contributed by atoms with Crippen LogP contribution in [0.1, 0.15) is 25.1 Å². The lowest BCUT2D eigenvalue weighted by Gasteiger charge is -2.31. The van der Waals surface area contributed by atoms with Crippen molar-refractivity contribution in [1.82, 2.24) is 14.5 Å². The zero-order chi connectivity index (χ0) is 24.6. The molecule has 178 valence electrons. The van der Waals surface area contributed by atoms with E-state index < -0.39 is 0 Å². The Bertz CT molecular complexity index is 1490. The summed E-state index contributed by atoms with van der Waals surface area (Å²) in [6.07, 6.45) is 0.631. The van der Waals surface area contributed by atoms with Crippen molar-refractivity contribution < 1.29 is 9.53 Å². The Morgan fingerprint density at radius 1 is 1.14 bits per heavy atom. The van der Waals surface area contributed by atoms with Crippen LogP contribution < -0.4 is 10.9 Å². The number of nitrogens with zero attached hydrogens (tertiary/aromatic N) is 3. The minimum absolute atomic E-state index is 0.0586. The van der Waals surface area contributed by atoms with Gasteiger partial charge in [0, 0.05) is 22.7 Å². The molecule has 5 rings (SSSR count). The van der Waals surface area contributed by atoms with Gasteiger partial charge in [0.05, 0.1) is 34.7 Å². The summed E-state index contributed by atoms with van der Waals surface area (Å²) in [6.45, 7) is 4.43. The molecule has 0 atom stereocenters. The predicted molar refractivity (Wildman–Crippen MR) is 139 cm³/mol. The lowest BCUT2D eigenvalue weighted by atomic mass is 9.95. The first-order chi connectivity index (χ1) is 16.8. The average molecular weight is 507 g/mol. The molecule has 2 aromatic heterocycles. The van der Waals surface area contributed by atoms with Crippen LogP contribution in [0, 0.1) is 0 Å². The largest absolute Gasteiger partial charge is 0.370 e. The number of hydrogen-bond acceptors (Lipinski definition) is 6. The highest BCUT2D eigenvalue weighted by atomic mass is 35.5. The van der Waals surface area contributed by atoms with Crippen molar-refractivity contribution >= 4 is 46.0 Å². The molecule has 0 aliphatic carbocycles.